The number of thiophene rings is 1. The van der Waals surface area contributed by atoms with Crippen molar-refractivity contribution >= 4 is 29.7 Å². The molecule has 1 fully saturated rings. The van der Waals surface area contributed by atoms with Gasteiger partial charge in [0, 0.05) is 24.0 Å². The van der Waals surface area contributed by atoms with Gasteiger partial charge in [-0.2, -0.15) is 5.10 Å². The molecule has 2 aromatic rings. The topological polar surface area (TPSA) is 70.2 Å². The maximum absolute atomic E-state index is 13.2. The molecule has 0 radical (unpaired) electrons. The Morgan fingerprint density at radius 3 is 2.87 bits per heavy atom. The molecule has 1 amide bonds. The number of aromatic amines is 1. The lowest BCUT2D eigenvalue weighted by molar-refractivity contribution is -0.0792. The number of H-pyrrole nitrogens is 1. The molecule has 8 heteroatoms. The van der Waals surface area contributed by atoms with E-state index in [0.717, 1.165) is 62.4 Å². The van der Waals surface area contributed by atoms with Crippen molar-refractivity contribution in [2.45, 2.75) is 63.5 Å². The van der Waals surface area contributed by atoms with Gasteiger partial charge in [0.15, 0.2) is 0 Å². The first-order valence-corrected chi connectivity index (χ1v) is 11.8. The smallest absolute Gasteiger partial charge is 0.264 e. The molecular weight excluding hydrogens is 420 g/mol. The highest BCUT2D eigenvalue weighted by Crippen LogP contribution is 2.43. The summed E-state index contributed by atoms with van der Waals surface area (Å²) in [5, 5.41) is 11.2. The van der Waals surface area contributed by atoms with Crippen LogP contribution in [-0.4, -0.2) is 47.7 Å². The monoisotopic (exact) mass is 450 g/mol. The molecule has 1 aliphatic carbocycles. The van der Waals surface area contributed by atoms with Crippen LogP contribution in [0, 0.1) is 0 Å². The summed E-state index contributed by atoms with van der Waals surface area (Å²) in [5.74, 6) is 0.0962. The van der Waals surface area contributed by atoms with Gasteiger partial charge in [0.1, 0.15) is 0 Å². The molecule has 2 N–H and O–H groups in total. The summed E-state index contributed by atoms with van der Waals surface area (Å²) in [6.45, 7) is 3.28. The highest BCUT2D eigenvalue weighted by Gasteiger charge is 2.40. The first-order chi connectivity index (χ1) is 14.2. The maximum atomic E-state index is 13.2. The largest absolute Gasteiger partial charge is 0.370 e. The van der Waals surface area contributed by atoms with Crippen molar-refractivity contribution in [3.8, 4) is 0 Å². The van der Waals surface area contributed by atoms with Crippen molar-refractivity contribution in [3.05, 3.63) is 38.3 Å². The van der Waals surface area contributed by atoms with E-state index < -0.39 is 0 Å². The van der Waals surface area contributed by atoms with Gasteiger partial charge in [-0.1, -0.05) is 6.42 Å². The summed E-state index contributed by atoms with van der Waals surface area (Å²) < 4.78 is 6.27. The molecule has 30 heavy (non-hydrogen) atoms. The number of hydrogen-bond donors (Lipinski definition) is 2. The van der Waals surface area contributed by atoms with Crippen molar-refractivity contribution in [2.75, 3.05) is 26.7 Å². The van der Waals surface area contributed by atoms with E-state index >= 15 is 0 Å². The second-order valence-corrected chi connectivity index (χ2v) is 9.78. The number of halogens is 1. The number of aryl methyl sites for hydroxylation is 1. The molecule has 2 aromatic heterocycles. The predicted molar refractivity (Wildman–Crippen MR) is 121 cm³/mol. The quantitative estimate of drug-likeness (QED) is 0.701. The van der Waals surface area contributed by atoms with Gasteiger partial charge in [0.05, 0.1) is 29.3 Å². The van der Waals surface area contributed by atoms with Crippen molar-refractivity contribution in [3.63, 3.8) is 0 Å². The molecule has 5 rings (SSSR count). The summed E-state index contributed by atoms with van der Waals surface area (Å²) in [6.07, 6.45) is 8.75. The second kappa shape index (κ2) is 8.99. The van der Waals surface area contributed by atoms with Crippen LogP contribution in [0.1, 0.15) is 69.2 Å². The minimum Gasteiger partial charge on any atom is -0.370 e. The summed E-state index contributed by atoms with van der Waals surface area (Å²) in [5.41, 5.74) is 4.73. The van der Waals surface area contributed by atoms with Crippen LogP contribution < -0.4 is 5.32 Å². The Labute approximate surface area is 188 Å². The van der Waals surface area contributed by atoms with E-state index in [1.165, 1.54) is 41.0 Å². The van der Waals surface area contributed by atoms with Crippen LogP contribution in [-0.2, 0) is 36.1 Å². The molecule has 4 heterocycles. The normalized spacial score (nSPS) is 20.0. The molecule has 1 spiro atoms. The number of amides is 1. The second-order valence-electron chi connectivity index (χ2n) is 8.64. The highest BCUT2D eigenvalue weighted by molar-refractivity contribution is 7.14. The molecule has 0 unspecified atom stereocenters. The minimum absolute atomic E-state index is 0. The fraction of sp³-hybridized carbons (Fsp3) is 0.636. The first-order valence-electron chi connectivity index (χ1n) is 10.9. The molecule has 164 valence electrons. The van der Waals surface area contributed by atoms with E-state index in [-0.39, 0.29) is 23.9 Å². The molecule has 1 saturated heterocycles. The third-order valence-electron chi connectivity index (χ3n) is 6.75. The van der Waals surface area contributed by atoms with E-state index in [0.29, 0.717) is 6.54 Å². The molecule has 0 saturated carbocycles. The third-order valence-corrected chi connectivity index (χ3v) is 7.94. The maximum Gasteiger partial charge on any atom is 0.264 e. The predicted octanol–water partition coefficient (Wildman–Crippen LogP) is 3.59. The van der Waals surface area contributed by atoms with Crippen LogP contribution in [0.2, 0.25) is 0 Å². The van der Waals surface area contributed by atoms with Gasteiger partial charge in [0.25, 0.3) is 5.91 Å². The molecule has 0 atom stereocenters. The highest BCUT2D eigenvalue weighted by atomic mass is 35.5. The standard InChI is InChI=1S/C22H30N4O2S.ClH/c1-26(14-18-15-5-3-2-4-6-17(15)24-25-18)21(27)20-13-16-19(29-20)7-12-28-22(16)8-10-23-11-9-22;/h13,23H,2-12,14H2,1H3,(H,24,25);1H. The minimum atomic E-state index is -0.189. The lowest BCUT2D eigenvalue weighted by Gasteiger charge is -2.40. The summed E-state index contributed by atoms with van der Waals surface area (Å²) in [4.78, 5) is 17.2. The Morgan fingerprint density at radius 2 is 2.03 bits per heavy atom. The molecule has 3 aliphatic rings. The Morgan fingerprint density at radius 1 is 1.23 bits per heavy atom. The van der Waals surface area contributed by atoms with Crippen molar-refractivity contribution in [1.82, 2.24) is 20.4 Å². The van der Waals surface area contributed by atoms with Crippen molar-refractivity contribution < 1.29 is 9.53 Å². The van der Waals surface area contributed by atoms with Gasteiger partial charge < -0.3 is 15.0 Å². The van der Waals surface area contributed by atoms with E-state index in [9.17, 15) is 4.79 Å². The van der Waals surface area contributed by atoms with Gasteiger partial charge in [0.2, 0.25) is 0 Å². The summed E-state index contributed by atoms with van der Waals surface area (Å²) >= 11 is 1.66. The Kier molecular flexibility index (Phi) is 6.53. The van der Waals surface area contributed by atoms with Gasteiger partial charge in [-0.25, -0.2) is 0 Å². The molecule has 2 aliphatic heterocycles. The Hall–Kier alpha value is -1.41. The molecular formula is C22H31ClN4O2S. The van der Waals surface area contributed by atoms with Crippen LogP contribution in [0.3, 0.4) is 0 Å². The van der Waals surface area contributed by atoms with Crippen LogP contribution >= 0.6 is 23.7 Å². The van der Waals surface area contributed by atoms with E-state index in [4.69, 9.17) is 4.74 Å². The lowest BCUT2D eigenvalue weighted by atomic mass is 9.83. The number of nitrogens with one attached hydrogen (secondary N) is 2. The summed E-state index contributed by atoms with van der Waals surface area (Å²) in [7, 11) is 1.90. The Bertz CT molecular complexity index is 903. The van der Waals surface area contributed by atoms with E-state index in [1.54, 1.807) is 11.3 Å². The fourth-order valence-electron chi connectivity index (χ4n) is 5.11. The number of rotatable bonds is 3. The lowest BCUT2D eigenvalue weighted by Crippen LogP contribution is -2.44. The van der Waals surface area contributed by atoms with Gasteiger partial charge in [-0.3, -0.25) is 9.89 Å². The van der Waals surface area contributed by atoms with Gasteiger partial charge in [-0.15, -0.1) is 23.7 Å². The summed E-state index contributed by atoms with van der Waals surface area (Å²) in [6, 6.07) is 2.12. The molecule has 0 aromatic carbocycles. The number of fused-ring (bicyclic) bond motifs is 3. The molecule has 0 bridgehead atoms. The van der Waals surface area contributed by atoms with Crippen molar-refractivity contribution in [1.29, 1.82) is 0 Å². The van der Waals surface area contributed by atoms with Crippen LogP contribution in [0.25, 0.3) is 0 Å². The number of aromatic nitrogens is 2. The SMILES string of the molecule is CN(Cc1n[nH]c2c1CCCCC2)C(=O)c1cc2c(s1)CCOC21CCNCC1.Cl. The zero-order valence-electron chi connectivity index (χ0n) is 17.6. The van der Waals surface area contributed by atoms with Gasteiger partial charge in [-0.05, 0) is 68.8 Å². The fourth-order valence-corrected chi connectivity index (χ4v) is 6.33. The van der Waals surface area contributed by atoms with Crippen LogP contribution in [0.15, 0.2) is 6.07 Å². The third kappa shape index (κ3) is 3.93. The van der Waals surface area contributed by atoms with Crippen LogP contribution in [0.4, 0.5) is 0 Å². The van der Waals surface area contributed by atoms with Crippen molar-refractivity contribution in [2.24, 2.45) is 0 Å². The van der Waals surface area contributed by atoms with Crippen LogP contribution in [0.5, 0.6) is 0 Å². The zero-order chi connectivity index (χ0) is 19.8. The number of carbonyl (C=O) groups is 1. The average Bonchev–Trinajstić information content (AvgIpc) is 3.26. The first kappa shape index (κ1) is 21.8. The number of hydrogen-bond acceptors (Lipinski definition) is 5. The molecule has 6 nitrogen and oxygen atoms in total. The van der Waals surface area contributed by atoms with E-state index in [2.05, 4.69) is 21.6 Å². The Balaban J connectivity index is 0.00000218. The average molecular weight is 451 g/mol. The van der Waals surface area contributed by atoms with Gasteiger partial charge >= 0.3 is 0 Å². The number of piperidine rings is 1. The number of ether oxygens (including phenoxy) is 1. The number of nitrogens with zero attached hydrogens (tertiary/aromatic N) is 2. The zero-order valence-corrected chi connectivity index (χ0v) is 19.2. The number of carbonyl (C=O) groups excluding carboxylic acids is 1. The van der Waals surface area contributed by atoms with E-state index in [1.807, 2.05) is 11.9 Å².